The Hall–Kier alpha value is -3.11. The summed E-state index contributed by atoms with van der Waals surface area (Å²) in [7, 11) is 0. The number of benzene rings is 2. The summed E-state index contributed by atoms with van der Waals surface area (Å²) in [4.78, 5) is 30.4. The minimum absolute atomic E-state index is 0.00314. The highest BCUT2D eigenvalue weighted by Crippen LogP contribution is 2.40. The first-order valence-electron chi connectivity index (χ1n) is 10.5. The van der Waals surface area contributed by atoms with Crippen LogP contribution >= 0.6 is 0 Å². The Kier molecular flexibility index (Phi) is 6.57. The van der Waals surface area contributed by atoms with Gasteiger partial charge in [0.15, 0.2) is 0 Å². The lowest BCUT2D eigenvalue weighted by Crippen LogP contribution is -2.42. The molecule has 0 aromatic heterocycles. The number of amides is 1. The number of carbonyl (C=O) groups excluding carboxylic acids is 2. The van der Waals surface area contributed by atoms with Crippen molar-refractivity contribution in [2.24, 2.45) is 5.92 Å². The highest BCUT2D eigenvalue weighted by atomic mass is 19.4. The van der Waals surface area contributed by atoms with Gasteiger partial charge in [-0.05, 0) is 36.6 Å². The predicted octanol–water partition coefficient (Wildman–Crippen LogP) is 4.22. The average molecular weight is 465 g/mol. The van der Waals surface area contributed by atoms with Gasteiger partial charge in [0.1, 0.15) is 12.4 Å². The Balaban J connectivity index is 1.76. The average Bonchev–Trinajstić information content (AvgIpc) is 3.02. The summed E-state index contributed by atoms with van der Waals surface area (Å²) >= 11 is 0. The third-order valence-corrected chi connectivity index (χ3v) is 5.98. The molecule has 2 aromatic carbocycles. The second-order valence-electron chi connectivity index (χ2n) is 7.97. The van der Waals surface area contributed by atoms with Gasteiger partial charge in [-0.15, -0.1) is 0 Å². The van der Waals surface area contributed by atoms with Crippen LogP contribution in [0.15, 0.2) is 42.5 Å². The van der Waals surface area contributed by atoms with Crippen LogP contribution in [0.5, 0.6) is 5.75 Å². The molecule has 0 spiro atoms. The third-order valence-electron chi connectivity index (χ3n) is 5.98. The Morgan fingerprint density at radius 3 is 2.52 bits per heavy atom. The van der Waals surface area contributed by atoms with Gasteiger partial charge in [-0.2, -0.15) is 18.4 Å². The van der Waals surface area contributed by atoms with Crippen LogP contribution in [0.4, 0.5) is 13.2 Å². The van der Waals surface area contributed by atoms with Gasteiger partial charge < -0.3 is 14.4 Å². The molecule has 4 rings (SSSR count). The molecule has 2 aromatic rings. The summed E-state index contributed by atoms with van der Waals surface area (Å²) in [5.41, 5.74) is -0.364. The highest BCUT2D eigenvalue weighted by Gasteiger charge is 2.40. The van der Waals surface area contributed by atoms with E-state index in [2.05, 4.69) is 4.89 Å². The Bertz CT molecular complexity index is 1040. The molecule has 1 fully saturated rings. The van der Waals surface area contributed by atoms with Gasteiger partial charge in [0.05, 0.1) is 23.7 Å². The van der Waals surface area contributed by atoms with E-state index in [0.29, 0.717) is 31.6 Å². The number of nitrogens with zero attached hydrogens (tertiary/aromatic N) is 1. The lowest BCUT2D eigenvalue weighted by Gasteiger charge is -2.35. The van der Waals surface area contributed by atoms with Crippen LogP contribution in [0, 0.1) is 5.92 Å². The Morgan fingerprint density at radius 2 is 1.82 bits per heavy atom. The monoisotopic (exact) mass is 465 g/mol. The second kappa shape index (κ2) is 9.40. The fraction of sp³-hybridized carbons (Fsp3) is 0.391. The number of hydrogen-bond donors (Lipinski definition) is 1. The molecule has 1 N–H and O–H groups in total. The molecule has 0 unspecified atom stereocenters. The summed E-state index contributed by atoms with van der Waals surface area (Å²) in [6, 6.07) is 8.39. The molecule has 176 valence electrons. The Morgan fingerprint density at radius 1 is 1.09 bits per heavy atom. The van der Waals surface area contributed by atoms with Crippen molar-refractivity contribution >= 4 is 11.9 Å². The molecule has 2 aliphatic rings. The van der Waals surface area contributed by atoms with Gasteiger partial charge in [-0.1, -0.05) is 24.3 Å². The van der Waals surface area contributed by atoms with Gasteiger partial charge in [0.25, 0.3) is 0 Å². The molecule has 1 atom stereocenters. The van der Waals surface area contributed by atoms with Crippen molar-refractivity contribution in [1.82, 2.24) is 4.90 Å². The van der Waals surface area contributed by atoms with E-state index in [1.54, 1.807) is 0 Å². The van der Waals surface area contributed by atoms with Gasteiger partial charge >= 0.3 is 12.1 Å². The lowest BCUT2D eigenvalue weighted by molar-refractivity contribution is -0.182. The van der Waals surface area contributed by atoms with E-state index in [1.165, 1.54) is 41.3 Å². The molecule has 1 amide bonds. The van der Waals surface area contributed by atoms with Crippen molar-refractivity contribution in [3.05, 3.63) is 64.7 Å². The fourth-order valence-corrected chi connectivity index (χ4v) is 4.27. The largest absolute Gasteiger partial charge is 0.491 e. The normalized spacial score (nSPS) is 19.3. The molecular weight excluding hydrogens is 443 g/mol. The molecule has 2 heterocycles. The van der Waals surface area contributed by atoms with Gasteiger partial charge in [0.2, 0.25) is 5.91 Å². The zero-order chi connectivity index (χ0) is 23.6. The summed E-state index contributed by atoms with van der Waals surface area (Å²) < 4.78 is 52.5. The molecule has 10 heteroatoms. The molecule has 0 aliphatic carbocycles. The van der Waals surface area contributed by atoms with Crippen molar-refractivity contribution in [2.75, 3.05) is 19.8 Å². The van der Waals surface area contributed by atoms with Gasteiger partial charge in [-0.25, -0.2) is 4.79 Å². The van der Waals surface area contributed by atoms with E-state index in [4.69, 9.17) is 14.7 Å². The number of alkyl halides is 3. The number of hydrogen-bond acceptors (Lipinski definition) is 6. The Labute approximate surface area is 187 Å². The van der Waals surface area contributed by atoms with Crippen molar-refractivity contribution in [3.8, 4) is 5.75 Å². The maximum Gasteiger partial charge on any atom is 0.416 e. The first kappa shape index (κ1) is 23.1. The van der Waals surface area contributed by atoms with Gasteiger partial charge in [0, 0.05) is 24.7 Å². The molecule has 1 saturated heterocycles. The number of carbonyl (C=O) groups is 2. The van der Waals surface area contributed by atoms with Crippen LogP contribution in [0.3, 0.4) is 0 Å². The van der Waals surface area contributed by atoms with E-state index >= 15 is 0 Å². The number of halogens is 3. The van der Waals surface area contributed by atoms with Crippen molar-refractivity contribution in [2.45, 2.75) is 31.6 Å². The summed E-state index contributed by atoms with van der Waals surface area (Å²) in [5.74, 6) is -1.41. The minimum Gasteiger partial charge on any atom is -0.491 e. The minimum atomic E-state index is -4.61. The van der Waals surface area contributed by atoms with Crippen LogP contribution in [-0.2, 0) is 27.1 Å². The third kappa shape index (κ3) is 4.81. The molecule has 0 radical (unpaired) electrons. The predicted molar refractivity (Wildman–Crippen MR) is 108 cm³/mol. The lowest BCUT2D eigenvalue weighted by atomic mass is 9.94. The second-order valence-corrected chi connectivity index (χ2v) is 7.97. The fourth-order valence-electron chi connectivity index (χ4n) is 4.27. The SMILES string of the molecule is O=C(OO)c1ccc2c(c1)OC[C@@H](c1ccccc1C(F)(F)F)N(C(=O)C1CCOCC1)C2. The van der Waals surface area contributed by atoms with E-state index < -0.39 is 23.8 Å². The van der Waals surface area contributed by atoms with Gasteiger partial charge in [-0.3, -0.25) is 9.68 Å². The van der Waals surface area contributed by atoms with Crippen LogP contribution in [0.1, 0.15) is 45.9 Å². The van der Waals surface area contributed by atoms with Crippen LogP contribution in [-0.4, -0.2) is 41.9 Å². The first-order valence-corrected chi connectivity index (χ1v) is 10.5. The summed E-state index contributed by atoms with van der Waals surface area (Å²) in [6.07, 6.45) is -3.64. The topological polar surface area (TPSA) is 85.3 Å². The van der Waals surface area contributed by atoms with E-state index in [0.717, 1.165) is 6.07 Å². The van der Waals surface area contributed by atoms with Crippen LogP contribution < -0.4 is 4.74 Å². The van der Waals surface area contributed by atoms with Crippen LogP contribution in [0.25, 0.3) is 0 Å². The summed E-state index contributed by atoms with van der Waals surface area (Å²) in [6.45, 7) is 0.574. The maximum absolute atomic E-state index is 13.8. The molecule has 0 saturated carbocycles. The van der Waals surface area contributed by atoms with Crippen molar-refractivity contribution < 1.29 is 42.4 Å². The maximum atomic E-state index is 13.8. The molecular formula is C23H22F3NO6. The standard InChI is InChI=1S/C23H22F3NO6/c24-23(25,26)18-4-2-1-3-17(18)19-13-32-20-11-15(22(29)33-30)5-6-16(20)12-27(19)21(28)14-7-9-31-10-8-14/h1-6,11,14,19,30H,7-10,12-13H2/t19-/m0/s1. The number of rotatable bonds is 3. The van der Waals surface area contributed by atoms with E-state index in [1.807, 2.05) is 0 Å². The molecule has 7 nitrogen and oxygen atoms in total. The van der Waals surface area contributed by atoms with Crippen molar-refractivity contribution in [3.63, 3.8) is 0 Å². The molecule has 33 heavy (non-hydrogen) atoms. The summed E-state index contributed by atoms with van der Waals surface area (Å²) in [5, 5.41) is 8.64. The molecule has 0 bridgehead atoms. The zero-order valence-electron chi connectivity index (χ0n) is 17.5. The van der Waals surface area contributed by atoms with E-state index in [9.17, 15) is 22.8 Å². The first-order chi connectivity index (χ1) is 15.8. The zero-order valence-corrected chi connectivity index (χ0v) is 17.5. The highest BCUT2D eigenvalue weighted by molar-refractivity contribution is 5.89. The quantitative estimate of drug-likeness (QED) is 0.540. The van der Waals surface area contributed by atoms with Crippen molar-refractivity contribution in [1.29, 1.82) is 0 Å². The molecule has 2 aliphatic heterocycles. The van der Waals surface area contributed by atoms with Crippen LogP contribution in [0.2, 0.25) is 0 Å². The number of ether oxygens (including phenoxy) is 2. The number of fused-ring (bicyclic) bond motifs is 1. The van der Waals surface area contributed by atoms with E-state index in [-0.39, 0.29) is 41.9 Å². The smallest absolute Gasteiger partial charge is 0.416 e.